The van der Waals surface area contributed by atoms with Crippen LogP contribution in [0.4, 0.5) is 0 Å². The quantitative estimate of drug-likeness (QED) is 0.455. The minimum atomic E-state index is -1.08. The first-order valence-electron chi connectivity index (χ1n) is 1.84. The predicted octanol–water partition coefficient (Wildman–Crippen LogP) is -0.777. The zero-order valence-corrected chi connectivity index (χ0v) is 5.67. The van der Waals surface area contributed by atoms with Crippen molar-refractivity contribution in [2.75, 3.05) is 0 Å². The van der Waals surface area contributed by atoms with Gasteiger partial charge in [0, 0.05) is 12.9 Å². The molecule has 9 heavy (non-hydrogen) atoms. The summed E-state index contributed by atoms with van der Waals surface area (Å²) in [6.45, 7) is 2.06. The molecule has 0 aliphatic rings. The highest BCUT2D eigenvalue weighted by Gasteiger charge is 1.65. The molecule has 0 radical (unpaired) electrons. The maximum Gasteiger partial charge on any atom is 0.300 e. The van der Waals surface area contributed by atoms with Crippen molar-refractivity contribution in [2.45, 2.75) is 13.8 Å². The van der Waals surface area contributed by atoms with E-state index in [4.69, 9.17) is 19.8 Å². The number of hydrogen-bond acceptors (Lipinski definition) is 3. The van der Waals surface area contributed by atoms with Gasteiger partial charge < -0.3 is 21.2 Å². The molecule has 0 aromatic heterocycles. The van der Waals surface area contributed by atoms with E-state index in [0.29, 0.717) is 0 Å². The van der Waals surface area contributed by atoms with Crippen molar-refractivity contribution in [3.05, 3.63) is 0 Å². The van der Waals surface area contributed by atoms with E-state index < -0.39 is 11.9 Å². The van der Waals surface area contributed by atoms with Crippen molar-refractivity contribution >= 4 is 11.9 Å². The van der Waals surface area contributed by atoms with E-state index in [1.807, 2.05) is 0 Å². The summed E-state index contributed by atoms with van der Waals surface area (Å²) in [7, 11) is 0. The summed E-state index contributed by atoms with van der Waals surface area (Å²) in [5.74, 6) is -1.92. The summed E-state index contributed by atoms with van der Waals surface area (Å²) >= 11 is 0. The SMILES string of the molecule is CC(=O)O.CC(=O)[O-].[NH4+]. The van der Waals surface area contributed by atoms with Gasteiger partial charge in [-0.15, -0.1) is 0 Å². The molecule has 0 aromatic rings. The van der Waals surface area contributed by atoms with Gasteiger partial charge in [-0.3, -0.25) is 4.79 Å². The molecule has 56 valence electrons. The molecule has 0 amide bonds. The summed E-state index contributed by atoms with van der Waals surface area (Å²) in [6, 6.07) is 0. The fourth-order valence-electron chi connectivity index (χ4n) is 0. The van der Waals surface area contributed by atoms with Crippen molar-refractivity contribution < 1.29 is 19.8 Å². The Morgan fingerprint density at radius 1 is 1.33 bits per heavy atom. The molecule has 0 atom stereocenters. The molecule has 5 N–H and O–H groups in total. The fourth-order valence-corrected chi connectivity index (χ4v) is 0. The molecular formula is C4H11NO4. The summed E-state index contributed by atoms with van der Waals surface area (Å²) in [5, 5.41) is 16.3. The molecule has 0 spiro atoms. The van der Waals surface area contributed by atoms with Gasteiger partial charge in [0.25, 0.3) is 5.97 Å². The van der Waals surface area contributed by atoms with Crippen LogP contribution >= 0.6 is 0 Å². The van der Waals surface area contributed by atoms with Gasteiger partial charge in [-0.25, -0.2) is 0 Å². The lowest BCUT2D eigenvalue weighted by Gasteiger charge is -1.77. The van der Waals surface area contributed by atoms with Crippen LogP contribution < -0.4 is 11.3 Å². The predicted molar refractivity (Wildman–Crippen MR) is 30.0 cm³/mol. The highest BCUT2D eigenvalue weighted by Crippen LogP contribution is 1.42. The van der Waals surface area contributed by atoms with Gasteiger partial charge in [-0.1, -0.05) is 0 Å². The number of quaternary nitrogens is 1. The second kappa shape index (κ2) is 10.0. The molecule has 0 fully saturated rings. The van der Waals surface area contributed by atoms with E-state index in [-0.39, 0.29) is 6.15 Å². The second-order valence-electron chi connectivity index (χ2n) is 1.01. The standard InChI is InChI=1S/2C2H4O2.H3N/c2*1-2(3)4;/h2*1H3,(H,3,4);1H3. The van der Waals surface area contributed by atoms with Gasteiger partial charge in [-0.2, -0.15) is 0 Å². The number of hydrogen-bond donors (Lipinski definition) is 2. The summed E-state index contributed by atoms with van der Waals surface area (Å²) in [4.78, 5) is 17.9. The van der Waals surface area contributed by atoms with Gasteiger partial charge in [-0.05, 0) is 6.92 Å². The summed E-state index contributed by atoms with van der Waals surface area (Å²) < 4.78 is 0. The molecule has 5 heteroatoms. The Bertz CT molecular complexity index is 70.6. The molecule has 0 bridgehead atoms. The van der Waals surface area contributed by atoms with Gasteiger partial charge in [0.15, 0.2) is 0 Å². The van der Waals surface area contributed by atoms with Gasteiger partial charge >= 0.3 is 0 Å². The van der Waals surface area contributed by atoms with Crippen molar-refractivity contribution in [1.82, 2.24) is 6.15 Å². The third-order valence-corrected chi connectivity index (χ3v) is 0. The zero-order valence-electron chi connectivity index (χ0n) is 5.67. The molecule has 0 saturated carbocycles. The number of aliphatic carboxylic acids is 2. The third-order valence-electron chi connectivity index (χ3n) is 0. The lowest BCUT2D eigenvalue weighted by atomic mass is 10.9. The topological polar surface area (TPSA) is 114 Å². The van der Waals surface area contributed by atoms with E-state index in [9.17, 15) is 0 Å². The highest BCUT2D eigenvalue weighted by molar-refractivity contribution is 5.62. The molecule has 0 aliphatic carbocycles. The highest BCUT2D eigenvalue weighted by atomic mass is 16.4. The van der Waals surface area contributed by atoms with E-state index in [2.05, 4.69) is 0 Å². The van der Waals surface area contributed by atoms with Gasteiger partial charge in [0.2, 0.25) is 0 Å². The molecule has 0 saturated heterocycles. The Morgan fingerprint density at radius 3 is 1.33 bits per heavy atom. The van der Waals surface area contributed by atoms with E-state index >= 15 is 0 Å². The van der Waals surface area contributed by atoms with Gasteiger partial charge in [0.05, 0.1) is 0 Å². The molecular weight excluding hydrogens is 126 g/mol. The molecule has 0 aliphatic heterocycles. The molecule has 0 rings (SSSR count). The van der Waals surface area contributed by atoms with Crippen LogP contribution in [0.15, 0.2) is 0 Å². The first kappa shape index (κ1) is 15.7. The van der Waals surface area contributed by atoms with Crippen LogP contribution in [0.25, 0.3) is 0 Å². The normalized spacial score (nSPS) is 5.56. The lowest BCUT2D eigenvalue weighted by molar-refractivity contribution is -0.302. The second-order valence-corrected chi connectivity index (χ2v) is 1.01. The zero-order chi connectivity index (χ0) is 7.15. The summed E-state index contributed by atoms with van der Waals surface area (Å²) in [6.07, 6.45) is 0. The maximum atomic E-state index is 9.00. The largest absolute Gasteiger partial charge is 0.550 e. The van der Waals surface area contributed by atoms with Crippen LogP contribution in [-0.4, -0.2) is 17.0 Å². The number of carbonyl (C=O) groups is 2. The maximum absolute atomic E-state index is 9.00. The van der Waals surface area contributed by atoms with E-state index in [1.54, 1.807) is 0 Å². The number of carboxylic acids is 2. The summed E-state index contributed by atoms with van der Waals surface area (Å²) in [5.41, 5.74) is 0. The number of carboxylic acid groups (broad SMARTS) is 2. The Labute approximate surface area is 52.9 Å². The van der Waals surface area contributed by atoms with Crippen molar-refractivity contribution in [3.8, 4) is 0 Å². The van der Waals surface area contributed by atoms with Crippen molar-refractivity contribution in [2.24, 2.45) is 0 Å². The van der Waals surface area contributed by atoms with E-state index in [1.165, 1.54) is 0 Å². The Balaban J connectivity index is -0.0000000720. The lowest BCUT2D eigenvalue weighted by Crippen LogP contribution is -2.16. The monoisotopic (exact) mass is 137 g/mol. The van der Waals surface area contributed by atoms with E-state index in [0.717, 1.165) is 13.8 Å². The smallest absolute Gasteiger partial charge is 0.300 e. The Morgan fingerprint density at radius 2 is 1.33 bits per heavy atom. The molecule has 0 aromatic carbocycles. The number of carbonyl (C=O) groups excluding carboxylic acids is 1. The average molecular weight is 137 g/mol. The van der Waals surface area contributed by atoms with Crippen LogP contribution in [0.3, 0.4) is 0 Å². The third kappa shape index (κ3) is 137. The Hall–Kier alpha value is -1.10. The number of rotatable bonds is 0. The minimum Gasteiger partial charge on any atom is -0.550 e. The fraction of sp³-hybridized carbons (Fsp3) is 0.500. The van der Waals surface area contributed by atoms with Crippen molar-refractivity contribution in [1.29, 1.82) is 0 Å². The average Bonchev–Trinajstić information content (AvgIpc) is 1.25. The first-order chi connectivity index (χ1) is 3.46. The van der Waals surface area contributed by atoms with Gasteiger partial charge in [0.1, 0.15) is 0 Å². The van der Waals surface area contributed by atoms with Crippen LogP contribution in [-0.2, 0) is 9.59 Å². The first-order valence-corrected chi connectivity index (χ1v) is 1.84. The van der Waals surface area contributed by atoms with Crippen LogP contribution in [0, 0.1) is 0 Å². The molecule has 0 unspecified atom stereocenters. The Kier molecular flexibility index (Phi) is 17.4. The minimum absolute atomic E-state index is 0. The van der Waals surface area contributed by atoms with Crippen LogP contribution in [0.1, 0.15) is 13.8 Å². The van der Waals surface area contributed by atoms with Crippen LogP contribution in [0.2, 0.25) is 0 Å². The van der Waals surface area contributed by atoms with Crippen molar-refractivity contribution in [3.63, 3.8) is 0 Å². The van der Waals surface area contributed by atoms with Crippen LogP contribution in [0.5, 0.6) is 0 Å². The molecule has 5 nitrogen and oxygen atoms in total. The molecule has 0 heterocycles.